The Balaban J connectivity index is 2.11. The summed E-state index contributed by atoms with van der Waals surface area (Å²) in [4.78, 5) is 24.5. The number of aliphatic hydroxyl groups excluding tert-OH is 1. The third-order valence-electron chi connectivity index (χ3n) is 6.34. The van der Waals surface area contributed by atoms with Gasteiger partial charge < -0.3 is 20.6 Å². The number of aliphatic carboxylic acids is 2. The molecule has 0 atom stereocenters. The predicted octanol–water partition coefficient (Wildman–Crippen LogP) is 4.16. The molecule has 2 aromatic heterocycles. The quantitative estimate of drug-likeness (QED) is 0.418. The van der Waals surface area contributed by atoms with E-state index in [2.05, 4.69) is 5.32 Å². The van der Waals surface area contributed by atoms with Gasteiger partial charge in [0.25, 0.3) is 0 Å². The maximum absolute atomic E-state index is 13.6. The molecule has 8 nitrogen and oxygen atoms in total. The molecule has 9 heteroatoms. The number of carbonyl (C=O) groups is 2. The molecule has 0 unspecified atom stereocenters. The first-order valence-corrected chi connectivity index (χ1v) is 11.1. The van der Waals surface area contributed by atoms with Crippen LogP contribution in [0.5, 0.6) is 0 Å². The molecule has 0 fully saturated rings. The average molecular weight is 480 g/mol. The topological polar surface area (TPSA) is 124 Å². The molecule has 1 aliphatic heterocycles. The second-order valence-corrected chi connectivity index (χ2v) is 8.86. The monoisotopic (exact) mass is 479 g/mol. The van der Waals surface area contributed by atoms with Gasteiger partial charge in [0.05, 0.1) is 40.6 Å². The number of rotatable bonds is 6. The van der Waals surface area contributed by atoms with Gasteiger partial charge in [0, 0.05) is 22.5 Å². The van der Waals surface area contributed by atoms with E-state index in [0.29, 0.717) is 39.4 Å². The number of nitrogens with zero attached hydrogens (tertiary/aromatic N) is 2. The highest BCUT2D eigenvalue weighted by atomic mass is 19.1. The van der Waals surface area contributed by atoms with Crippen molar-refractivity contribution in [1.29, 1.82) is 0 Å². The van der Waals surface area contributed by atoms with Crippen molar-refractivity contribution in [2.45, 2.75) is 46.1 Å². The summed E-state index contributed by atoms with van der Waals surface area (Å²) in [5.41, 5.74) is 3.85. The number of allylic oxidation sites excluding steroid dienone is 2. The largest absolute Gasteiger partial charge is 0.478 e. The van der Waals surface area contributed by atoms with E-state index >= 15 is 0 Å². The van der Waals surface area contributed by atoms with Crippen LogP contribution in [0.1, 0.15) is 56.4 Å². The first-order chi connectivity index (χ1) is 16.6. The molecule has 3 aromatic rings. The Morgan fingerprint density at radius 2 is 1.60 bits per heavy atom. The van der Waals surface area contributed by atoms with Crippen LogP contribution in [0.3, 0.4) is 0 Å². The Morgan fingerprint density at radius 3 is 2.09 bits per heavy atom. The molecule has 0 saturated heterocycles. The van der Waals surface area contributed by atoms with Gasteiger partial charge in [-0.3, -0.25) is 0 Å². The zero-order chi connectivity index (χ0) is 25.6. The molecule has 0 radical (unpaired) electrons. The van der Waals surface area contributed by atoms with E-state index in [0.717, 1.165) is 5.56 Å². The molecule has 182 valence electrons. The number of fused-ring (bicyclic) bond motifs is 1. The van der Waals surface area contributed by atoms with Gasteiger partial charge in [-0.05, 0) is 61.7 Å². The van der Waals surface area contributed by atoms with E-state index in [1.807, 2.05) is 13.8 Å². The lowest BCUT2D eigenvalue weighted by molar-refractivity contribution is -0.133. The summed E-state index contributed by atoms with van der Waals surface area (Å²) < 4.78 is 15.2. The molecule has 0 amide bonds. The van der Waals surface area contributed by atoms with E-state index in [4.69, 9.17) is 5.10 Å². The molecular weight excluding hydrogens is 453 g/mol. The fraction of sp³-hybridized carbons (Fsp3) is 0.269. The van der Waals surface area contributed by atoms with Crippen LogP contribution >= 0.6 is 0 Å². The van der Waals surface area contributed by atoms with Crippen LogP contribution in [0.2, 0.25) is 0 Å². The van der Waals surface area contributed by atoms with Crippen LogP contribution in [0.15, 0.2) is 58.9 Å². The van der Waals surface area contributed by atoms with Crippen LogP contribution in [0.25, 0.3) is 16.8 Å². The normalized spacial score (nSPS) is 14.7. The molecule has 0 bridgehead atoms. The van der Waals surface area contributed by atoms with Gasteiger partial charge >= 0.3 is 11.9 Å². The van der Waals surface area contributed by atoms with Gasteiger partial charge in [0.1, 0.15) is 5.82 Å². The van der Waals surface area contributed by atoms with Gasteiger partial charge in [-0.15, -0.1) is 0 Å². The molecule has 1 aliphatic rings. The number of hydrogen-bond donors (Lipinski definition) is 4. The smallest absolute Gasteiger partial charge is 0.334 e. The SMILES string of the molecule is CC1=C(C(=O)O)C(c2ccc3c(C(C)C)c(CO)c(-c4ccc(F)cc4)nn23)C(C(=O)O)=C(C)N1. The lowest BCUT2D eigenvalue weighted by Crippen LogP contribution is -2.31. The van der Waals surface area contributed by atoms with Crippen molar-refractivity contribution in [3.05, 3.63) is 81.6 Å². The molecule has 0 aliphatic carbocycles. The molecule has 1 aromatic carbocycles. The number of benzene rings is 1. The van der Waals surface area contributed by atoms with Crippen LogP contribution in [0.4, 0.5) is 4.39 Å². The number of aromatic nitrogens is 2. The molecule has 3 heterocycles. The maximum atomic E-state index is 13.6. The van der Waals surface area contributed by atoms with Crippen molar-refractivity contribution < 1.29 is 29.3 Å². The number of carboxylic acid groups (broad SMARTS) is 2. The summed E-state index contributed by atoms with van der Waals surface area (Å²) >= 11 is 0. The number of dihydropyridines is 1. The van der Waals surface area contributed by atoms with E-state index in [1.54, 1.807) is 42.6 Å². The zero-order valence-electron chi connectivity index (χ0n) is 19.8. The number of nitrogens with one attached hydrogen (secondary N) is 1. The standard InChI is InChI=1S/C26H26FN3O5/c1-12(2)20-17(11-31)24(15-5-7-16(27)8-6-15)29-30-18(20)9-10-19(30)23-21(25(32)33)13(3)28-14(4)22(23)26(34)35/h5-10,12,23,28,31H,11H2,1-4H3,(H,32,33)(H,34,35). The first kappa shape index (κ1) is 24.2. The van der Waals surface area contributed by atoms with Gasteiger partial charge in [-0.1, -0.05) is 13.8 Å². The third-order valence-corrected chi connectivity index (χ3v) is 6.34. The molecule has 0 saturated carbocycles. The molecule has 0 spiro atoms. The summed E-state index contributed by atoms with van der Waals surface area (Å²) in [5, 5.41) is 37.9. The van der Waals surface area contributed by atoms with Crippen LogP contribution in [0, 0.1) is 5.82 Å². The van der Waals surface area contributed by atoms with E-state index in [-0.39, 0.29) is 23.7 Å². The molecule has 4 N–H and O–H groups in total. The van der Waals surface area contributed by atoms with Gasteiger partial charge in [0.2, 0.25) is 0 Å². The van der Waals surface area contributed by atoms with Crippen molar-refractivity contribution in [2.24, 2.45) is 0 Å². The Bertz CT molecular complexity index is 1380. The minimum atomic E-state index is -1.24. The highest BCUT2D eigenvalue weighted by Gasteiger charge is 2.38. The second kappa shape index (κ2) is 8.99. The fourth-order valence-electron chi connectivity index (χ4n) is 4.92. The number of carboxylic acids is 2. The third kappa shape index (κ3) is 3.97. The average Bonchev–Trinajstić information content (AvgIpc) is 3.20. The fourth-order valence-corrected chi connectivity index (χ4v) is 4.92. The summed E-state index contributed by atoms with van der Waals surface area (Å²) in [5.74, 6) is -4.04. The lowest BCUT2D eigenvalue weighted by Gasteiger charge is -2.28. The van der Waals surface area contributed by atoms with Crippen molar-refractivity contribution in [3.63, 3.8) is 0 Å². The Kier molecular flexibility index (Phi) is 6.21. The van der Waals surface area contributed by atoms with Gasteiger partial charge in [-0.2, -0.15) is 5.10 Å². The minimum absolute atomic E-state index is 0.0509. The summed E-state index contributed by atoms with van der Waals surface area (Å²) in [7, 11) is 0. The highest BCUT2D eigenvalue weighted by molar-refractivity contribution is 5.98. The predicted molar refractivity (Wildman–Crippen MR) is 127 cm³/mol. The van der Waals surface area contributed by atoms with Crippen molar-refractivity contribution in [3.8, 4) is 11.3 Å². The zero-order valence-corrected chi connectivity index (χ0v) is 19.8. The number of halogens is 1. The first-order valence-electron chi connectivity index (χ1n) is 11.1. The van der Waals surface area contributed by atoms with Crippen LogP contribution in [-0.2, 0) is 16.2 Å². The maximum Gasteiger partial charge on any atom is 0.334 e. The van der Waals surface area contributed by atoms with E-state index in [9.17, 15) is 29.3 Å². The molecular formula is C26H26FN3O5. The van der Waals surface area contributed by atoms with Gasteiger partial charge in [0.15, 0.2) is 0 Å². The summed E-state index contributed by atoms with van der Waals surface area (Å²) in [6.45, 7) is 6.79. The van der Waals surface area contributed by atoms with Crippen molar-refractivity contribution in [1.82, 2.24) is 14.9 Å². The number of hydrogen-bond acceptors (Lipinski definition) is 5. The van der Waals surface area contributed by atoms with E-state index in [1.165, 1.54) is 12.1 Å². The Hall–Kier alpha value is -3.98. The molecule has 35 heavy (non-hydrogen) atoms. The van der Waals surface area contributed by atoms with E-state index < -0.39 is 23.7 Å². The van der Waals surface area contributed by atoms with Crippen molar-refractivity contribution >= 4 is 17.5 Å². The van der Waals surface area contributed by atoms with Crippen LogP contribution in [-0.4, -0.2) is 36.9 Å². The second-order valence-electron chi connectivity index (χ2n) is 8.86. The lowest BCUT2D eigenvalue weighted by atomic mass is 9.83. The summed E-state index contributed by atoms with van der Waals surface area (Å²) in [6, 6.07) is 9.14. The summed E-state index contributed by atoms with van der Waals surface area (Å²) in [6.07, 6.45) is 0. The van der Waals surface area contributed by atoms with Crippen LogP contribution < -0.4 is 5.32 Å². The number of aliphatic hydroxyl groups is 1. The highest BCUT2D eigenvalue weighted by Crippen LogP contribution is 2.41. The Morgan fingerprint density at radius 1 is 1.03 bits per heavy atom. The molecule has 4 rings (SSSR count). The Labute approximate surface area is 201 Å². The minimum Gasteiger partial charge on any atom is -0.478 e. The van der Waals surface area contributed by atoms with Crippen molar-refractivity contribution in [2.75, 3.05) is 0 Å². The van der Waals surface area contributed by atoms with Gasteiger partial charge in [-0.25, -0.2) is 18.5 Å².